The monoisotopic (exact) mass is 476 g/mol. The van der Waals surface area contributed by atoms with Crippen LogP contribution in [0.2, 0.25) is 0 Å². The van der Waals surface area contributed by atoms with Crippen LogP contribution >= 0.6 is 11.3 Å². The third-order valence-corrected chi connectivity index (χ3v) is 6.83. The summed E-state index contributed by atoms with van der Waals surface area (Å²) in [5, 5.41) is 0. The summed E-state index contributed by atoms with van der Waals surface area (Å²) in [5.41, 5.74) is 3.70. The maximum Gasteiger partial charge on any atom is 0.338 e. The van der Waals surface area contributed by atoms with Crippen LogP contribution in [0.25, 0.3) is 6.08 Å². The van der Waals surface area contributed by atoms with Crippen molar-refractivity contribution in [1.29, 1.82) is 0 Å². The lowest BCUT2D eigenvalue weighted by Gasteiger charge is -2.24. The molecule has 2 aromatic carbocycles. The van der Waals surface area contributed by atoms with Crippen molar-refractivity contribution in [2.24, 2.45) is 4.99 Å². The fourth-order valence-corrected chi connectivity index (χ4v) is 5.07. The molecule has 0 amide bonds. The number of benzene rings is 2. The van der Waals surface area contributed by atoms with Gasteiger partial charge < -0.3 is 9.47 Å². The number of aromatic nitrogens is 1. The van der Waals surface area contributed by atoms with Crippen molar-refractivity contribution in [3.8, 4) is 5.75 Å². The number of methoxy groups -OCH3 is 1. The van der Waals surface area contributed by atoms with E-state index < -0.39 is 12.0 Å². The molecule has 4 rings (SSSR count). The van der Waals surface area contributed by atoms with Crippen molar-refractivity contribution in [1.82, 2.24) is 4.57 Å². The smallest absolute Gasteiger partial charge is 0.338 e. The minimum Gasteiger partial charge on any atom is -0.497 e. The molecule has 34 heavy (non-hydrogen) atoms. The molecule has 3 aromatic rings. The van der Waals surface area contributed by atoms with Gasteiger partial charge >= 0.3 is 5.97 Å². The van der Waals surface area contributed by atoms with Gasteiger partial charge in [0.1, 0.15) is 5.75 Å². The summed E-state index contributed by atoms with van der Waals surface area (Å²) in [6.45, 7) is 8.08. The van der Waals surface area contributed by atoms with Crippen LogP contribution in [-0.4, -0.2) is 24.3 Å². The van der Waals surface area contributed by atoms with Gasteiger partial charge in [-0.2, -0.15) is 0 Å². The lowest BCUT2D eigenvalue weighted by molar-refractivity contribution is -0.139. The maximum atomic E-state index is 13.6. The highest BCUT2D eigenvalue weighted by atomic mass is 32.1. The van der Waals surface area contributed by atoms with Gasteiger partial charge in [0.25, 0.3) is 5.56 Å². The van der Waals surface area contributed by atoms with Crippen molar-refractivity contribution in [3.63, 3.8) is 0 Å². The third kappa shape index (κ3) is 4.48. The normalized spacial score (nSPS) is 15.8. The molecule has 0 N–H and O–H groups in total. The molecule has 7 heteroatoms. The summed E-state index contributed by atoms with van der Waals surface area (Å²) in [5.74, 6) is 0.663. The number of thiazole rings is 1. The minimum atomic E-state index is -0.633. The highest BCUT2D eigenvalue weighted by Crippen LogP contribution is 2.31. The van der Waals surface area contributed by atoms with E-state index in [1.807, 2.05) is 42.5 Å². The Morgan fingerprint density at radius 2 is 1.82 bits per heavy atom. The number of carbonyl (C=O) groups is 1. The van der Waals surface area contributed by atoms with E-state index in [9.17, 15) is 9.59 Å². The molecule has 0 aliphatic carbocycles. The van der Waals surface area contributed by atoms with Gasteiger partial charge in [-0.1, -0.05) is 61.6 Å². The molecule has 0 radical (unpaired) electrons. The zero-order valence-corrected chi connectivity index (χ0v) is 20.8. The predicted octanol–water partition coefficient (Wildman–Crippen LogP) is 3.93. The Labute approximate surface area is 202 Å². The lowest BCUT2D eigenvalue weighted by atomic mass is 9.96. The van der Waals surface area contributed by atoms with Gasteiger partial charge in [0, 0.05) is 0 Å². The van der Waals surface area contributed by atoms with E-state index in [-0.39, 0.29) is 12.2 Å². The topological polar surface area (TPSA) is 69.9 Å². The zero-order valence-electron chi connectivity index (χ0n) is 20.0. The molecule has 0 spiro atoms. The molecule has 1 aromatic heterocycles. The van der Waals surface area contributed by atoms with Crippen LogP contribution in [0.4, 0.5) is 0 Å². The number of rotatable bonds is 6. The second-order valence-electron chi connectivity index (χ2n) is 8.40. The fraction of sp³-hybridized carbons (Fsp3) is 0.296. The first-order valence-electron chi connectivity index (χ1n) is 11.3. The summed E-state index contributed by atoms with van der Waals surface area (Å²) < 4.78 is 12.8. The number of ether oxygens (including phenoxy) is 2. The SMILES string of the molecule is CCOC(=O)C1=C(C)N=c2s/c(=C/c3ccc(C(C)C)cc3)c(=O)n2C1c1ccc(OC)cc1. The number of carbonyl (C=O) groups excluding carboxylic acids is 1. The van der Waals surface area contributed by atoms with Crippen molar-refractivity contribution in [2.45, 2.75) is 39.7 Å². The highest BCUT2D eigenvalue weighted by Gasteiger charge is 2.33. The lowest BCUT2D eigenvalue weighted by Crippen LogP contribution is -2.39. The molecule has 0 fully saturated rings. The van der Waals surface area contributed by atoms with Crippen LogP contribution in [0, 0.1) is 0 Å². The molecule has 1 unspecified atom stereocenters. The van der Waals surface area contributed by atoms with Crippen molar-refractivity contribution in [3.05, 3.63) is 96.2 Å². The number of esters is 1. The second-order valence-corrected chi connectivity index (χ2v) is 9.41. The molecule has 1 aliphatic rings. The molecule has 1 aliphatic heterocycles. The average molecular weight is 477 g/mol. The Morgan fingerprint density at radius 1 is 1.15 bits per heavy atom. The molecular formula is C27H28N2O4S. The molecule has 0 saturated heterocycles. The van der Waals surface area contributed by atoms with Crippen molar-refractivity contribution in [2.75, 3.05) is 13.7 Å². The Bertz CT molecular complexity index is 1410. The van der Waals surface area contributed by atoms with Crippen LogP contribution in [0.3, 0.4) is 0 Å². The van der Waals surface area contributed by atoms with E-state index in [2.05, 4.69) is 31.0 Å². The largest absolute Gasteiger partial charge is 0.497 e. The van der Waals surface area contributed by atoms with Gasteiger partial charge in [0.15, 0.2) is 4.80 Å². The first-order chi connectivity index (χ1) is 16.3. The van der Waals surface area contributed by atoms with E-state index in [0.717, 1.165) is 11.1 Å². The molecule has 0 saturated carbocycles. The summed E-state index contributed by atoms with van der Waals surface area (Å²) in [7, 11) is 1.60. The number of hydrogen-bond acceptors (Lipinski definition) is 6. The van der Waals surface area contributed by atoms with Gasteiger partial charge in [-0.15, -0.1) is 0 Å². The van der Waals surface area contributed by atoms with E-state index in [1.54, 1.807) is 25.5 Å². The van der Waals surface area contributed by atoms with Crippen molar-refractivity contribution >= 4 is 23.4 Å². The fourth-order valence-electron chi connectivity index (χ4n) is 4.02. The third-order valence-electron chi connectivity index (χ3n) is 5.85. The number of allylic oxidation sites excluding steroid dienone is 1. The first kappa shape index (κ1) is 23.7. The van der Waals surface area contributed by atoms with Gasteiger partial charge in [-0.25, -0.2) is 9.79 Å². The van der Waals surface area contributed by atoms with E-state index in [0.29, 0.717) is 32.3 Å². The van der Waals surface area contributed by atoms with Gasteiger partial charge in [-0.05, 0) is 54.7 Å². The minimum absolute atomic E-state index is 0.188. The standard InChI is InChI=1S/C27H28N2O4S/c1-6-33-26(31)23-17(4)28-27-29(24(23)20-11-13-21(32-5)14-12-20)25(30)22(34-27)15-18-7-9-19(10-8-18)16(2)3/h7-16,24H,6H2,1-5H3/b22-15+. The quantitative estimate of drug-likeness (QED) is 0.506. The van der Waals surface area contributed by atoms with E-state index >= 15 is 0 Å². The van der Waals surface area contributed by atoms with Crippen LogP contribution in [0.1, 0.15) is 56.3 Å². The van der Waals surface area contributed by atoms with E-state index in [1.165, 1.54) is 16.9 Å². The van der Waals surface area contributed by atoms with Crippen LogP contribution in [-0.2, 0) is 9.53 Å². The van der Waals surface area contributed by atoms with Crippen LogP contribution in [0.5, 0.6) is 5.75 Å². The maximum absolute atomic E-state index is 13.6. The Balaban J connectivity index is 1.89. The second kappa shape index (κ2) is 9.81. The summed E-state index contributed by atoms with van der Waals surface area (Å²) in [6, 6.07) is 14.9. The van der Waals surface area contributed by atoms with E-state index in [4.69, 9.17) is 9.47 Å². The first-order valence-corrected chi connectivity index (χ1v) is 12.1. The zero-order chi connectivity index (χ0) is 24.4. The Morgan fingerprint density at radius 3 is 2.41 bits per heavy atom. The molecule has 0 bridgehead atoms. The van der Waals surface area contributed by atoms with Gasteiger partial charge in [-0.3, -0.25) is 9.36 Å². The summed E-state index contributed by atoms with van der Waals surface area (Å²) in [6.07, 6.45) is 1.88. The van der Waals surface area contributed by atoms with Crippen LogP contribution < -0.4 is 19.6 Å². The summed E-state index contributed by atoms with van der Waals surface area (Å²) >= 11 is 1.32. The van der Waals surface area contributed by atoms with Crippen molar-refractivity contribution < 1.29 is 14.3 Å². The molecule has 1 atom stereocenters. The summed E-state index contributed by atoms with van der Waals surface area (Å²) in [4.78, 5) is 31.7. The number of nitrogens with zero attached hydrogens (tertiary/aromatic N) is 2. The highest BCUT2D eigenvalue weighted by molar-refractivity contribution is 7.07. The Kier molecular flexibility index (Phi) is 6.84. The van der Waals surface area contributed by atoms with Crippen LogP contribution in [0.15, 0.2) is 69.6 Å². The van der Waals surface area contributed by atoms with Gasteiger partial charge in [0.2, 0.25) is 0 Å². The number of fused-ring (bicyclic) bond motifs is 1. The molecule has 176 valence electrons. The molecule has 6 nitrogen and oxygen atoms in total. The number of hydrogen-bond donors (Lipinski definition) is 0. The molecule has 2 heterocycles. The Hall–Kier alpha value is -3.45. The molecular weight excluding hydrogens is 448 g/mol. The predicted molar refractivity (Wildman–Crippen MR) is 134 cm³/mol. The van der Waals surface area contributed by atoms with Gasteiger partial charge in [0.05, 0.1) is 35.6 Å². The average Bonchev–Trinajstić information content (AvgIpc) is 3.13.